The van der Waals surface area contributed by atoms with E-state index in [-0.39, 0.29) is 11.9 Å². The van der Waals surface area contributed by atoms with Crippen molar-refractivity contribution >= 4 is 11.7 Å². The summed E-state index contributed by atoms with van der Waals surface area (Å²) < 4.78 is 0. The van der Waals surface area contributed by atoms with Crippen LogP contribution in [0.1, 0.15) is 35.6 Å². The number of hydrogen-bond donors (Lipinski definition) is 1. The summed E-state index contributed by atoms with van der Waals surface area (Å²) in [5.74, 6) is 0.486. The lowest BCUT2D eigenvalue weighted by Gasteiger charge is -2.28. The lowest BCUT2D eigenvalue weighted by molar-refractivity contribution is 0.0945. The summed E-state index contributed by atoms with van der Waals surface area (Å²) in [6, 6.07) is 17.8. The molecule has 0 radical (unpaired) electrons. The number of benzene rings is 1. The summed E-state index contributed by atoms with van der Waals surface area (Å²) in [4.78, 5) is 27.3. The normalized spacial score (nSPS) is 10.6. The van der Waals surface area contributed by atoms with Crippen LogP contribution in [-0.2, 0) is 13.1 Å². The van der Waals surface area contributed by atoms with Crippen LogP contribution >= 0.6 is 0 Å². The first-order chi connectivity index (χ1) is 13.1. The molecule has 0 aliphatic heterocycles. The van der Waals surface area contributed by atoms with Crippen LogP contribution < -0.4 is 10.2 Å². The van der Waals surface area contributed by atoms with E-state index in [2.05, 4.69) is 51.1 Å². The molecule has 138 valence electrons. The second-order valence-electron chi connectivity index (χ2n) is 6.47. The lowest BCUT2D eigenvalue weighted by atomic mass is 10.2. The van der Waals surface area contributed by atoms with Gasteiger partial charge < -0.3 is 10.2 Å². The number of amides is 1. The van der Waals surface area contributed by atoms with Gasteiger partial charge in [-0.15, -0.1) is 0 Å². The number of nitrogens with one attached hydrogen (secondary N) is 1. The molecule has 0 aliphatic rings. The summed E-state index contributed by atoms with van der Waals surface area (Å²) in [6.07, 6.45) is 3.14. The number of hydrogen-bond acceptors (Lipinski definition) is 5. The molecule has 1 amide bonds. The van der Waals surface area contributed by atoms with Gasteiger partial charge in [0.1, 0.15) is 17.8 Å². The van der Waals surface area contributed by atoms with Crippen molar-refractivity contribution in [1.82, 2.24) is 20.3 Å². The predicted octanol–water partition coefficient (Wildman–Crippen LogP) is 3.22. The highest BCUT2D eigenvalue weighted by Crippen LogP contribution is 2.18. The van der Waals surface area contributed by atoms with Gasteiger partial charge in [0.15, 0.2) is 0 Å². The van der Waals surface area contributed by atoms with Crippen molar-refractivity contribution in [2.24, 2.45) is 0 Å². The maximum Gasteiger partial charge on any atom is 0.270 e. The highest BCUT2D eigenvalue weighted by Gasteiger charge is 2.16. The third-order valence-corrected chi connectivity index (χ3v) is 4.15. The molecule has 1 N–H and O–H groups in total. The van der Waals surface area contributed by atoms with Gasteiger partial charge in [0.25, 0.3) is 5.91 Å². The minimum absolute atomic E-state index is 0.226. The van der Waals surface area contributed by atoms with E-state index < -0.39 is 0 Å². The quantitative estimate of drug-likeness (QED) is 0.700. The molecule has 6 heteroatoms. The first-order valence-electron chi connectivity index (χ1n) is 8.94. The third kappa shape index (κ3) is 5.10. The van der Waals surface area contributed by atoms with E-state index in [0.29, 0.717) is 18.8 Å². The maximum atomic E-state index is 12.5. The highest BCUT2D eigenvalue weighted by atomic mass is 16.1. The van der Waals surface area contributed by atoms with Gasteiger partial charge in [0.2, 0.25) is 0 Å². The Morgan fingerprint density at radius 2 is 1.81 bits per heavy atom. The molecule has 2 heterocycles. The number of carbonyl (C=O) groups excluding carboxylic acids is 1. The predicted molar refractivity (Wildman–Crippen MR) is 105 cm³/mol. The van der Waals surface area contributed by atoms with Gasteiger partial charge in [-0.1, -0.05) is 36.4 Å². The van der Waals surface area contributed by atoms with Crippen molar-refractivity contribution in [3.8, 4) is 0 Å². The fourth-order valence-corrected chi connectivity index (χ4v) is 2.70. The molecule has 0 fully saturated rings. The average molecular weight is 361 g/mol. The topological polar surface area (TPSA) is 71.0 Å². The van der Waals surface area contributed by atoms with E-state index in [1.54, 1.807) is 12.3 Å². The molecule has 0 saturated heterocycles. The molecule has 2 aromatic heterocycles. The van der Waals surface area contributed by atoms with Crippen molar-refractivity contribution in [1.29, 1.82) is 0 Å². The number of nitrogens with zero attached hydrogens (tertiary/aromatic N) is 4. The van der Waals surface area contributed by atoms with E-state index in [4.69, 9.17) is 0 Å². The molecule has 3 rings (SSSR count). The van der Waals surface area contributed by atoms with Crippen LogP contribution in [0.25, 0.3) is 0 Å². The fraction of sp³-hybridized carbons (Fsp3) is 0.238. The summed E-state index contributed by atoms with van der Waals surface area (Å²) in [7, 11) is 0. The summed E-state index contributed by atoms with van der Waals surface area (Å²) in [5.41, 5.74) is 2.33. The van der Waals surface area contributed by atoms with Gasteiger partial charge in [-0.05, 0) is 31.5 Å². The Balaban J connectivity index is 1.73. The lowest BCUT2D eigenvalue weighted by Crippen LogP contribution is -2.32. The SMILES string of the molecule is CC(C)N(Cc1ccccc1)c1cc(C(=O)NCc2ccccn2)ncn1. The van der Waals surface area contributed by atoms with Gasteiger partial charge in [-0.2, -0.15) is 0 Å². The third-order valence-electron chi connectivity index (χ3n) is 4.15. The molecule has 0 spiro atoms. The monoisotopic (exact) mass is 361 g/mol. The van der Waals surface area contributed by atoms with Crippen LogP contribution in [0.5, 0.6) is 0 Å². The van der Waals surface area contributed by atoms with Gasteiger partial charge in [0.05, 0.1) is 12.2 Å². The Bertz CT molecular complexity index is 868. The highest BCUT2D eigenvalue weighted by molar-refractivity contribution is 5.92. The number of anilines is 1. The Morgan fingerprint density at radius 3 is 2.52 bits per heavy atom. The van der Waals surface area contributed by atoms with Crippen LogP contribution in [0.15, 0.2) is 67.1 Å². The molecular weight excluding hydrogens is 338 g/mol. The zero-order chi connectivity index (χ0) is 19.1. The van der Waals surface area contributed by atoms with Gasteiger partial charge in [-0.3, -0.25) is 9.78 Å². The number of rotatable bonds is 7. The minimum atomic E-state index is -0.243. The van der Waals surface area contributed by atoms with Crippen LogP contribution in [-0.4, -0.2) is 26.9 Å². The zero-order valence-corrected chi connectivity index (χ0v) is 15.5. The van der Waals surface area contributed by atoms with E-state index in [1.807, 2.05) is 36.4 Å². The fourth-order valence-electron chi connectivity index (χ4n) is 2.70. The van der Waals surface area contributed by atoms with Crippen molar-refractivity contribution in [3.63, 3.8) is 0 Å². The Hall–Kier alpha value is -3.28. The smallest absolute Gasteiger partial charge is 0.270 e. The minimum Gasteiger partial charge on any atom is -0.350 e. The number of carbonyl (C=O) groups is 1. The zero-order valence-electron chi connectivity index (χ0n) is 15.5. The Morgan fingerprint density at radius 1 is 1.04 bits per heavy atom. The summed E-state index contributed by atoms with van der Waals surface area (Å²) >= 11 is 0. The first-order valence-corrected chi connectivity index (χ1v) is 8.94. The van der Waals surface area contributed by atoms with Crippen LogP contribution in [0, 0.1) is 0 Å². The summed E-state index contributed by atoms with van der Waals surface area (Å²) in [5, 5.41) is 2.85. The number of pyridine rings is 1. The van der Waals surface area contributed by atoms with E-state index in [0.717, 1.165) is 11.5 Å². The molecule has 0 atom stereocenters. The molecule has 0 unspecified atom stereocenters. The molecule has 0 aliphatic carbocycles. The van der Waals surface area contributed by atoms with E-state index >= 15 is 0 Å². The Kier molecular flexibility index (Phi) is 6.10. The van der Waals surface area contributed by atoms with E-state index in [1.165, 1.54) is 11.9 Å². The molecule has 1 aromatic carbocycles. The van der Waals surface area contributed by atoms with E-state index in [9.17, 15) is 4.79 Å². The van der Waals surface area contributed by atoms with Crippen LogP contribution in [0.4, 0.5) is 5.82 Å². The van der Waals surface area contributed by atoms with Crippen molar-refractivity contribution in [2.45, 2.75) is 33.0 Å². The largest absolute Gasteiger partial charge is 0.350 e. The first kappa shape index (κ1) is 18.5. The molecule has 0 saturated carbocycles. The summed E-state index contributed by atoms with van der Waals surface area (Å²) in [6.45, 7) is 5.28. The van der Waals surface area contributed by atoms with Crippen molar-refractivity contribution in [3.05, 3.63) is 84.1 Å². The second kappa shape index (κ2) is 8.89. The van der Waals surface area contributed by atoms with Crippen molar-refractivity contribution < 1.29 is 4.79 Å². The van der Waals surface area contributed by atoms with Crippen LogP contribution in [0.3, 0.4) is 0 Å². The molecule has 27 heavy (non-hydrogen) atoms. The average Bonchev–Trinajstić information content (AvgIpc) is 2.71. The van der Waals surface area contributed by atoms with Crippen molar-refractivity contribution in [2.75, 3.05) is 4.90 Å². The van der Waals surface area contributed by atoms with Gasteiger partial charge in [-0.25, -0.2) is 9.97 Å². The number of aromatic nitrogens is 3. The van der Waals surface area contributed by atoms with Gasteiger partial charge >= 0.3 is 0 Å². The standard InChI is InChI=1S/C21H23N5O/c1-16(2)26(14-17-8-4-3-5-9-17)20-12-19(24-15-25-20)21(27)23-13-18-10-6-7-11-22-18/h3-12,15-16H,13-14H2,1-2H3,(H,23,27). The Labute approximate surface area is 159 Å². The van der Waals surface area contributed by atoms with Crippen LogP contribution in [0.2, 0.25) is 0 Å². The molecule has 6 nitrogen and oxygen atoms in total. The molecule has 3 aromatic rings. The second-order valence-corrected chi connectivity index (χ2v) is 6.47. The van der Waals surface area contributed by atoms with Gasteiger partial charge in [0, 0.05) is 24.8 Å². The molecule has 0 bridgehead atoms. The maximum absolute atomic E-state index is 12.5. The molecular formula is C21H23N5O.